The maximum absolute atomic E-state index is 14.0. The van der Waals surface area contributed by atoms with E-state index >= 15 is 0 Å². The van der Waals surface area contributed by atoms with Crippen molar-refractivity contribution in [1.29, 1.82) is 0 Å². The Morgan fingerprint density at radius 2 is 1.80 bits per heavy atom. The molecule has 1 saturated heterocycles. The number of allylic oxidation sites excluding steroid dienone is 1. The Bertz CT molecular complexity index is 1240. The van der Waals surface area contributed by atoms with Gasteiger partial charge in [0, 0.05) is 50.6 Å². The summed E-state index contributed by atoms with van der Waals surface area (Å²) in [5, 5.41) is 58.5. The number of carbonyl (C=O) groups is 1. The smallest absolute Gasteiger partial charge is 0.159 e. The van der Waals surface area contributed by atoms with Crippen LogP contribution in [0.2, 0.25) is 0 Å². The summed E-state index contributed by atoms with van der Waals surface area (Å²) in [5.74, 6) is 4.59. The number of carbonyl (C=O) groups excluding carboxylic acids is 1. The van der Waals surface area contributed by atoms with E-state index in [0.29, 0.717) is 45.3 Å². The molecule has 2 heterocycles. The van der Waals surface area contributed by atoms with E-state index in [1.807, 2.05) is 13.8 Å². The Morgan fingerprint density at radius 1 is 1.04 bits per heavy atom. The first-order chi connectivity index (χ1) is 21.3. The van der Waals surface area contributed by atoms with Gasteiger partial charge in [0.1, 0.15) is 12.2 Å². The van der Waals surface area contributed by atoms with Gasteiger partial charge in [-0.05, 0) is 92.6 Å². The number of hydrogen-bond acceptors (Lipinski definition) is 9. The Labute approximate surface area is 267 Å². The van der Waals surface area contributed by atoms with Crippen molar-refractivity contribution in [1.82, 2.24) is 0 Å². The van der Waals surface area contributed by atoms with Crippen molar-refractivity contribution < 1.29 is 44.5 Å². The zero-order valence-corrected chi connectivity index (χ0v) is 27.6. The molecule has 5 N–H and O–H groups in total. The summed E-state index contributed by atoms with van der Waals surface area (Å²) < 4.78 is 17.5. The van der Waals surface area contributed by atoms with Crippen LogP contribution in [0.5, 0.6) is 0 Å². The molecular formula is C36H54O9. The third kappa shape index (κ3) is 4.92. The van der Waals surface area contributed by atoms with Crippen molar-refractivity contribution >= 4 is 5.78 Å². The fraction of sp³-hybridized carbons (Fsp3) is 0.861. The van der Waals surface area contributed by atoms with Gasteiger partial charge >= 0.3 is 0 Å². The number of hydrogen-bond donors (Lipinski definition) is 5. The molecule has 0 aromatic rings. The van der Waals surface area contributed by atoms with E-state index in [-0.39, 0.29) is 47.6 Å². The second-order valence-electron chi connectivity index (χ2n) is 15.8. The van der Waals surface area contributed by atoms with E-state index < -0.39 is 52.9 Å². The van der Waals surface area contributed by atoms with Crippen molar-refractivity contribution in [3.05, 3.63) is 11.6 Å². The Hall–Kier alpha value is -1.35. The zero-order chi connectivity index (χ0) is 32.5. The van der Waals surface area contributed by atoms with Crippen LogP contribution >= 0.6 is 0 Å². The van der Waals surface area contributed by atoms with Gasteiger partial charge in [-0.1, -0.05) is 26.7 Å². The Balaban J connectivity index is 1.39. The number of aliphatic hydroxyl groups excluding tert-OH is 3. The standard InChI is InChI=1S/C36H54O9/c1-20-23(19-37)31-32(40)35(4,41)29-11-13-36(42)25-18-28(39)26-17-22(44-15-7-14-43-5)10-12-33(26,2)24(25)16-21(34(29,36)3)8-6-9-27(38)30(20)45-31/h18,20-24,26-27,29-32,37-38,40-42H,7-8,10-17,19H2,1-5H3. The van der Waals surface area contributed by atoms with Crippen LogP contribution in [-0.2, 0) is 19.0 Å². The molecule has 4 aliphatic carbocycles. The van der Waals surface area contributed by atoms with E-state index in [4.69, 9.17) is 14.2 Å². The summed E-state index contributed by atoms with van der Waals surface area (Å²) in [7, 11) is 1.68. The highest BCUT2D eigenvalue weighted by Gasteiger charge is 2.72. The summed E-state index contributed by atoms with van der Waals surface area (Å²) in [5.41, 5.74) is -3.55. The molecule has 9 nitrogen and oxygen atoms in total. The first kappa shape index (κ1) is 33.5. The molecule has 0 amide bonds. The fourth-order valence-corrected chi connectivity index (χ4v) is 11.1. The van der Waals surface area contributed by atoms with E-state index in [2.05, 4.69) is 18.8 Å². The van der Waals surface area contributed by atoms with Crippen molar-refractivity contribution in [2.24, 2.45) is 46.3 Å². The van der Waals surface area contributed by atoms with E-state index in [1.54, 1.807) is 20.1 Å². The van der Waals surface area contributed by atoms with Gasteiger partial charge in [-0.3, -0.25) is 4.79 Å². The van der Waals surface area contributed by atoms with Gasteiger partial charge < -0.3 is 39.7 Å². The lowest BCUT2D eigenvalue weighted by atomic mass is 9.43. The SMILES string of the molecule is COCCCOC1CCC2(C)C(C1)C(=O)C=C1C2CC2CC#CC(O)C3OC(C(CO)C3C)C(O)C(C)(O)C3CCC1(O)C23C. The Morgan fingerprint density at radius 3 is 2.51 bits per heavy atom. The average molecular weight is 631 g/mol. The minimum atomic E-state index is -1.68. The molecule has 2 bridgehead atoms. The normalized spacial score (nSPS) is 52.4. The number of aliphatic hydroxyl groups is 5. The van der Waals surface area contributed by atoms with Crippen LogP contribution in [0.1, 0.15) is 79.1 Å². The monoisotopic (exact) mass is 630 g/mol. The van der Waals surface area contributed by atoms with Crippen LogP contribution in [0.15, 0.2) is 11.6 Å². The minimum Gasteiger partial charge on any atom is -0.396 e. The lowest BCUT2D eigenvalue weighted by molar-refractivity contribution is -0.213. The van der Waals surface area contributed by atoms with Gasteiger partial charge in [0.15, 0.2) is 5.78 Å². The Kier molecular flexibility index (Phi) is 8.92. The molecule has 9 heteroatoms. The second-order valence-corrected chi connectivity index (χ2v) is 15.8. The zero-order valence-electron chi connectivity index (χ0n) is 27.6. The number of methoxy groups -OCH3 is 1. The minimum absolute atomic E-state index is 0.0136. The number of ether oxygens (including phenoxy) is 3. The number of rotatable bonds is 6. The van der Waals surface area contributed by atoms with Gasteiger partial charge in [-0.25, -0.2) is 0 Å². The summed E-state index contributed by atoms with van der Waals surface area (Å²) in [6.45, 7) is 8.69. The van der Waals surface area contributed by atoms with Crippen molar-refractivity contribution in [2.45, 2.75) is 121 Å². The molecule has 0 aromatic heterocycles. The van der Waals surface area contributed by atoms with Gasteiger partial charge in [0.25, 0.3) is 0 Å². The number of ketones is 1. The van der Waals surface area contributed by atoms with Gasteiger partial charge in [0.05, 0.1) is 29.5 Å². The number of fused-ring (bicyclic) bond motifs is 6. The van der Waals surface area contributed by atoms with E-state index in [1.165, 1.54) is 0 Å². The van der Waals surface area contributed by atoms with Crippen molar-refractivity contribution in [3.8, 4) is 11.8 Å². The van der Waals surface area contributed by atoms with Gasteiger partial charge in [-0.15, -0.1) is 5.92 Å². The summed E-state index contributed by atoms with van der Waals surface area (Å²) >= 11 is 0. The molecule has 2 aliphatic heterocycles. The third-order valence-corrected chi connectivity index (χ3v) is 13.9. The van der Waals surface area contributed by atoms with Gasteiger partial charge in [-0.2, -0.15) is 0 Å². The first-order valence-corrected chi connectivity index (χ1v) is 17.2. The first-order valence-electron chi connectivity index (χ1n) is 17.2. The summed E-state index contributed by atoms with van der Waals surface area (Å²) in [6, 6.07) is 0. The van der Waals surface area contributed by atoms with Crippen LogP contribution in [-0.4, -0.2) is 100.0 Å². The maximum atomic E-state index is 14.0. The molecule has 15 atom stereocenters. The van der Waals surface area contributed by atoms with Crippen LogP contribution in [0, 0.1) is 58.2 Å². The quantitative estimate of drug-likeness (QED) is 0.221. The van der Waals surface area contributed by atoms with Gasteiger partial charge in [0.2, 0.25) is 0 Å². The van der Waals surface area contributed by atoms with Crippen molar-refractivity contribution in [3.63, 3.8) is 0 Å². The highest BCUT2D eigenvalue weighted by molar-refractivity contribution is 5.95. The van der Waals surface area contributed by atoms with Crippen LogP contribution in [0.4, 0.5) is 0 Å². The molecule has 0 spiro atoms. The predicted molar refractivity (Wildman–Crippen MR) is 166 cm³/mol. The van der Waals surface area contributed by atoms with Crippen LogP contribution in [0.3, 0.4) is 0 Å². The van der Waals surface area contributed by atoms with Crippen LogP contribution < -0.4 is 0 Å². The molecule has 45 heavy (non-hydrogen) atoms. The summed E-state index contributed by atoms with van der Waals surface area (Å²) in [6.07, 6.45) is 2.67. The molecule has 4 fully saturated rings. The average Bonchev–Trinajstić information content (AvgIpc) is 3.49. The van der Waals surface area contributed by atoms with E-state index in [9.17, 15) is 30.3 Å². The predicted octanol–water partition coefficient (Wildman–Crippen LogP) is 2.40. The topological polar surface area (TPSA) is 146 Å². The fourth-order valence-electron chi connectivity index (χ4n) is 11.1. The molecule has 3 saturated carbocycles. The van der Waals surface area contributed by atoms with Crippen LogP contribution in [0.25, 0.3) is 0 Å². The second kappa shape index (κ2) is 12.0. The largest absolute Gasteiger partial charge is 0.396 e. The van der Waals surface area contributed by atoms with Crippen molar-refractivity contribution in [2.75, 3.05) is 26.9 Å². The maximum Gasteiger partial charge on any atom is 0.159 e. The van der Waals surface area contributed by atoms with E-state index in [0.717, 1.165) is 24.8 Å². The lowest BCUT2D eigenvalue weighted by Crippen LogP contribution is -2.66. The molecular weight excluding hydrogens is 576 g/mol. The highest BCUT2D eigenvalue weighted by atomic mass is 16.5. The molecule has 0 radical (unpaired) electrons. The third-order valence-electron chi connectivity index (χ3n) is 13.9. The lowest BCUT2D eigenvalue weighted by Gasteiger charge is -2.63. The molecule has 0 aromatic carbocycles. The summed E-state index contributed by atoms with van der Waals surface area (Å²) in [4.78, 5) is 14.0. The molecule has 252 valence electrons. The molecule has 15 unspecified atom stereocenters. The highest BCUT2D eigenvalue weighted by Crippen LogP contribution is 2.71. The molecule has 6 aliphatic rings. The molecule has 6 rings (SSSR count).